The van der Waals surface area contributed by atoms with Crippen molar-refractivity contribution < 1.29 is 0 Å². The number of nitrogens with two attached hydrogens (primary N) is 1. The molecule has 0 radical (unpaired) electrons. The minimum Gasteiger partial charge on any atom is -0.384 e. The molecule has 0 aromatic carbocycles. The van der Waals surface area contributed by atoms with E-state index >= 15 is 0 Å². The van der Waals surface area contributed by atoms with Crippen LogP contribution >= 0.6 is 11.8 Å². The quantitative estimate of drug-likeness (QED) is 0.833. The van der Waals surface area contributed by atoms with Crippen molar-refractivity contribution in [2.24, 2.45) is 0 Å². The second-order valence-corrected chi connectivity index (χ2v) is 6.00. The number of hydrogen-bond acceptors (Lipinski definition) is 4. The number of rotatable bonds is 4. The smallest absolute Gasteiger partial charge is 0.132 e. The zero-order chi connectivity index (χ0) is 12.1. The first-order chi connectivity index (χ1) is 8.28. The normalized spacial score (nSPS) is 17.2. The van der Waals surface area contributed by atoms with Crippen LogP contribution in [0.3, 0.4) is 0 Å². The lowest BCUT2D eigenvalue weighted by molar-refractivity contribution is 0.515. The Balaban J connectivity index is 2.03. The zero-order valence-electron chi connectivity index (χ0n) is 10.5. The third-order valence-corrected chi connectivity index (χ3v) is 4.34. The summed E-state index contributed by atoms with van der Waals surface area (Å²) in [4.78, 5) is 8.86. The highest BCUT2D eigenvalue weighted by atomic mass is 32.2. The first-order valence-corrected chi connectivity index (χ1v) is 7.46. The highest BCUT2D eigenvalue weighted by Crippen LogP contribution is 2.33. The molecule has 1 aliphatic carbocycles. The molecule has 3 nitrogen and oxygen atoms in total. The Morgan fingerprint density at radius 3 is 2.76 bits per heavy atom. The van der Waals surface area contributed by atoms with E-state index in [0.29, 0.717) is 5.82 Å². The van der Waals surface area contributed by atoms with Gasteiger partial charge in [0.05, 0.1) is 0 Å². The molecule has 0 atom stereocenters. The van der Waals surface area contributed by atoms with Gasteiger partial charge in [0.1, 0.15) is 16.7 Å². The van der Waals surface area contributed by atoms with Gasteiger partial charge in [-0.2, -0.15) is 0 Å². The van der Waals surface area contributed by atoms with E-state index in [9.17, 15) is 0 Å². The highest BCUT2D eigenvalue weighted by molar-refractivity contribution is 7.99. The van der Waals surface area contributed by atoms with Crippen molar-refractivity contribution in [3.8, 4) is 0 Å². The molecule has 0 spiro atoms. The van der Waals surface area contributed by atoms with E-state index in [4.69, 9.17) is 5.73 Å². The van der Waals surface area contributed by atoms with Crippen LogP contribution < -0.4 is 5.73 Å². The molecule has 0 bridgehead atoms. The van der Waals surface area contributed by atoms with E-state index in [1.165, 1.54) is 32.1 Å². The molecular weight excluding hydrogens is 230 g/mol. The standard InChI is InChI=1S/C13H21N3S/c1-2-6-12-15-11(14)9-13(16-12)17-10-7-4-3-5-8-10/h9-10H,2-8H2,1H3,(H2,14,15,16). The molecule has 1 saturated carbocycles. The van der Waals surface area contributed by atoms with Crippen LogP contribution in [-0.2, 0) is 6.42 Å². The van der Waals surface area contributed by atoms with Gasteiger partial charge >= 0.3 is 0 Å². The summed E-state index contributed by atoms with van der Waals surface area (Å²) < 4.78 is 0. The number of nitrogens with zero attached hydrogens (tertiary/aromatic N) is 2. The van der Waals surface area contributed by atoms with Gasteiger partial charge in [-0.1, -0.05) is 26.2 Å². The van der Waals surface area contributed by atoms with Gasteiger partial charge in [-0.3, -0.25) is 0 Å². The van der Waals surface area contributed by atoms with E-state index in [0.717, 1.165) is 28.9 Å². The summed E-state index contributed by atoms with van der Waals surface area (Å²) in [6.45, 7) is 2.14. The molecule has 94 valence electrons. The Labute approximate surface area is 108 Å². The lowest BCUT2D eigenvalue weighted by Crippen LogP contribution is -2.09. The first-order valence-electron chi connectivity index (χ1n) is 6.58. The van der Waals surface area contributed by atoms with Gasteiger partial charge < -0.3 is 5.73 Å². The number of aromatic nitrogens is 2. The molecule has 17 heavy (non-hydrogen) atoms. The number of aryl methyl sites for hydroxylation is 1. The van der Waals surface area contributed by atoms with Gasteiger partial charge in [0.15, 0.2) is 0 Å². The van der Waals surface area contributed by atoms with Crippen LogP contribution in [0.25, 0.3) is 0 Å². The highest BCUT2D eigenvalue weighted by Gasteiger charge is 2.16. The van der Waals surface area contributed by atoms with Crippen molar-refractivity contribution in [3.63, 3.8) is 0 Å². The van der Waals surface area contributed by atoms with E-state index in [-0.39, 0.29) is 0 Å². The van der Waals surface area contributed by atoms with Gasteiger partial charge in [-0.05, 0) is 19.3 Å². The van der Waals surface area contributed by atoms with Gasteiger partial charge in [0, 0.05) is 17.7 Å². The minimum atomic E-state index is 0.613. The predicted octanol–water partition coefficient (Wildman–Crippen LogP) is 3.44. The summed E-state index contributed by atoms with van der Waals surface area (Å²) in [6, 6.07) is 1.92. The van der Waals surface area contributed by atoms with Crippen LogP contribution in [0.15, 0.2) is 11.1 Å². The van der Waals surface area contributed by atoms with Crippen molar-refractivity contribution in [2.75, 3.05) is 5.73 Å². The fourth-order valence-corrected chi connectivity index (χ4v) is 3.50. The van der Waals surface area contributed by atoms with Crippen LogP contribution in [0.5, 0.6) is 0 Å². The maximum Gasteiger partial charge on any atom is 0.132 e. The summed E-state index contributed by atoms with van der Waals surface area (Å²) in [5, 5.41) is 1.79. The van der Waals surface area contributed by atoms with Crippen LogP contribution in [-0.4, -0.2) is 15.2 Å². The Hall–Kier alpha value is -0.770. The summed E-state index contributed by atoms with van der Waals surface area (Å²) in [5.41, 5.74) is 5.83. The van der Waals surface area contributed by atoms with Crippen LogP contribution in [0, 0.1) is 0 Å². The topological polar surface area (TPSA) is 51.8 Å². The van der Waals surface area contributed by atoms with Gasteiger partial charge in [0.25, 0.3) is 0 Å². The van der Waals surface area contributed by atoms with E-state index < -0.39 is 0 Å². The van der Waals surface area contributed by atoms with Crippen LogP contribution in [0.1, 0.15) is 51.3 Å². The summed E-state index contributed by atoms with van der Waals surface area (Å²) in [7, 11) is 0. The van der Waals surface area contributed by atoms with Gasteiger partial charge in [-0.25, -0.2) is 9.97 Å². The molecule has 0 saturated heterocycles. The summed E-state index contributed by atoms with van der Waals surface area (Å²) >= 11 is 1.89. The Kier molecular flexibility index (Phi) is 4.66. The number of anilines is 1. The second kappa shape index (κ2) is 6.24. The monoisotopic (exact) mass is 251 g/mol. The fraction of sp³-hybridized carbons (Fsp3) is 0.692. The third kappa shape index (κ3) is 3.87. The summed E-state index contributed by atoms with van der Waals surface area (Å²) in [6.07, 6.45) is 8.74. The van der Waals surface area contributed by atoms with E-state index in [1.54, 1.807) is 0 Å². The average Bonchev–Trinajstić information content (AvgIpc) is 2.30. The van der Waals surface area contributed by atoms with Crippen molar-refractivity contribution >= 4 is 17.6 Å². The molecule has 1 aliphatic rings. The molecule has 1 heterocycles. The van der Waals surface area contributed by atoms with E-state index in [2.05, 4.69) is 16.9 Å². The average molecular weight is 251 g/mol. The molecular formula is C13H21N3S. The Morgan fingerprint density at radius 2 is 2.06 bits per heavy atom. The summed E-state index contributed by atoms with van der Waals surface area (Å²) in [5.74, 6) is 1.51. The lowest BCUT2D eigenvalue weighted by atomic mass is 10.0. The van der Waals surface area contributed by atoms with Gasteiger partial charge in [0.2, 0.25) is 0 Å². The maximum absolute atomic E-state index is 5.83. The molecule has 4 heteroatoms. The van der Waals surface area contributed by atoms with Crippen molar-refractivity contribution in [3.05, 3.63) is 11.9 Å². The molecule has 0 aliphatic heterocycles. The minimum absolute atomic E-state index is 0.613. The molecule has 1 aromatic heterocycles. The predicted molar refractivity (Wildman–Crippen MR) is 73.2 cm³/mol. The molecule has 1 fully saturated rings. The molecule has 2 rings (SSSR count). The van der Waals surface area contributed by atoms with Crippen LogP contribution in [0.2, 0.25) is 0 Å². The zero-order valence-corrected chi connectivity index (χ0v) is 11.3. The SMILES string of the molecule is CCCc1nc(N)cc(SC2CCCCC2)n1. The van der Waals surface area contributed by atoms with E-state index in [1.807, 2.05) is 17.8 Å². The lowest BCUT2D eigenvalue weighted by Gasteiger charge is -2.20. The van der Waals surface area contributed by atoms with Crippen molar-refractivity contribution in [1.82, 2.24) is 9.97 Å². The first kappa shape index (κ1) is 12.7. The third-order valence-electron chi connectivity index (χ3n) is 3.08. The Morgan fingerprint density at radius 1 is 1.29 bits per heavy atom. The van der Waals surface area contributed by atoms with Crippen molar-refractivity contribution in [1.29, 1.82) is 0 Å². The van der Waals surface area contributed by atoms with Gasteiger partial charge in [-0.15, -0.1) is 11.8 Å². The number of nitrogen functional groups attached to an aromatic ring is 1. The molecule has 1 aromatic rings. The van der Waals surface area contributed by atoms with Crippen LogP contribution in [0.4, 0.5) is 5.82 Å². The fourth-order valence-electron chi connectivity index (χ4n) is 2.24. The molecule has 2 N–H and O–H groups in total. The second-order valence-electron chi connectivity index (χ2n) is 4.68. The number of thioether (sulfide) groups is 1. The largest absolute Gasteiger partial charge is 0.384 e. The molecule has 0 amide bonds. The van der Waals surface area contributed by atoms with Crippen molar-refractivity contribution in [2.45, 2.75) is 62.1 Å². The maximum atomic E-state index is 5.83. The molecule has 0 unspecified atom stereocenters. The Bertz CT molecular complexity index is 362. The number of hydrogen-bond donors (Lipinski definition) is 1.